The van der Waals surface area contributed by atoms with Gasteiger partial charge in [0, 0.05) is 38.3 Å². The lowest BCUT2D eigenvalue weighted by Crippen LogP contribution is -2.45. The molecule has 0 spiro atoms. The number of hydrogen-bond acceptors (Lipinski definition) is 5. The molecule has 0 amide bonds. The molecule has 1 aliphatic heterocycles. The Labute approximate surface area is 156 Å². The van der Waals surface area contributed by atoms with E-state index in [2.05, 4.69) is 33.5 Å². The molecular weight excluding hydrogens is 354 g/mol. The van der Waals surface area contributed by atoms with Gasteiger partial charge in [0.1, 0.15) is 5.15 Å². The molecule has 4 rings (SSSR count). The number of nitrogens with zero attached hydrogens (tertiary/aromatic N) is 4. The number of nitrogens with one attached hydrogen (secondary N) is 1. The smallest absolute Gasteiger partial charge is 0.186 e. The molecule has 3 aromatic rings. The van der Waals surface area contributed by atoms with Crippen LogP contribution in [0, 0.1) is 6.92 Å². The molecule has 0 radical (unpaired) electrons. The fourth-order valence-corrected chi connectivity index (χ4v) is 4.68. The molecule has 1 aliphatic rings. The van der Waals surface area contributed by atoms with E-state index in [9.17, 15) is 0 Å². The van der Waals surface area contributed by atoms with Crippen LogP contribution in [-0.2, 0) is 13.6 Å². The summed E-state index contributed by atoms with van der Waals surface area (Å²) < 4.78 is 2.99. The average Bonchev–Trinajstić information content (AvgIpc) is 3.15. The number of anilines is 1. The molecule has 0 aliphatic carbocycles. The zero-order chi connectivity index (χ0) is 17.4. The van der Waals surface area contributed by atoms with Crippen LogP contribution < -0.4 is 10.2 Å². The number of fused-ring (bicyclic) bond motifs is 1. The van der Waals surface area contributed by atoms with E-state index in [-0.39, 0.29) is 0 Å². The molecule has 7 heteroatoms. The van der Waals surface area contributed by atoms with Gasteiger partial charge >= 0.3 is 0 Å². The fraction of sp³-hybridized carbons (Fsp3) is 0.444. The highest BCUT2D eigenvalue weighted by molar-refractivity contribution is 7.22. The van der Waals surface area contributed by atoms with E-state index in [0.717, 1.165) is 46.7 Å². The van der Waals surface area contributed by atoms with Crippen LogP contribution >= 0.6 is 22.9 Å². The third kappa shape index (κ3) is 3.38. The predicted molar refractivity (Wildman–Crippen MR) is 105 cm³/mol. The van der Waals surface area contributed by atoms with Crippen molar-refractivity contribution < 1.29 is 0 Å². The van der Waals surface area contributed by atoms with Gasteiger partial charge in [0.25, 0.3) is 0 Å². The molecule has 1 aromatic carbocycles. The second-order valence-corrected chi connectivity index (χ2v) is 7.98. The summed E-state index contributed by atoms with van der Waals surface area (Å²) in [6.07, 6.45) is 2.35. The Kier molecular flexibility index (Phi) is 4.67. The molecule has 5 nitrogen and oxygen atoms in total. The molecule has 2 aromatic heterocycles. The van der Waals surface area contributed by atoms with E-state index >= 15 is 0 Å². The quantitative estimate of drug-likeness (QED) is 0.754. The molecule has 25 heavy (non-hydrogen) atoms. The zero-order valence-corrected chi connectivity index (χ0v) is 16.1. The van der Waals surface area contributed by atoms with Gasteiger partial charge in [-0.3, -0.25) is 4.68 Å². The molecule has 0 unspecified atom stereocenters. The summed E-state index contributed by atoms with van der Waals surface area (Å²) in [7, 11) is 1.88. The topological polar surface area (TPSA) is 46.0 Å². The second-order valence-electron chi connectivity index (χ2n) is 6.61. The number of halogens is 1. The molecule has 132 valence electrons. The van der Waals surface area contributed by atoms with E-state index in [0.29, 0.717) is 6.04 Å². The number of benzene rings is 1. The maximum atomic E-state index is 6.34. The Hall–Kier alpha value is -1.63. The van der Waals surface area contributed by atoms with Crippen LogP contribution in [0.3, 0.4) is 0 Å². The monoisotopic (exact) mass is 375 g/mol. The highest BCUT2D eigenvalue weighted by Crippen LogP contribution is 2.30. The highest BCUT2D eigenvalue weighted by atomic mass is 35.5. The van der Waals surface area contributed by atoms with Gasteiger partial charge in [-0.2, -0.15) is 5.10 Å². The van der Waals surface area contributed by atoms with Gasteiger partial charge in [0.05, 0.1) is 15.9 Å². The van der Waals surface area contributed by atoms with Crippen molar-refractivity contribution >= 4 is 38.3 Å². The first-order valence-electron chi connectivity index (χ1n) is 8.63. The van der Waals surface area contributed by atoms with Crippen molar-refractivity contribution in [1.29, 1.82) is 0 Å². The number of piperidine rings is 1. The van der Waals surface area contributed by atoms with Crippen LogP contribution in [0.1, 0.15) is 24.1 Å². The minimum Gasteiger partial charge on any atom is -0.347 e. The first kappa shape index (κ1) is 16.8. The third-order valence-electron chi connectivity index (χ3n) is 4.81. The van der Waals surface area contributed by atoms with Gasteiger partial charge in [-0.05, 0) is 31.9 Å². The molecule has 1 atom stereocenters. The minimum atomic E-state index is 0.441. The summed E-state index contributed by atoms with van der Waals surface area (Å²) in [6.45, 7) is 4.83. The Morgan fingerprint density at radius 3 is 2.96 bits per heavy atom. The van der Waals surface area contributed by atoms with Crippen LogP contribution in [0.5, 0.6) is 0 Å². The lowest BCUT2D eigenvalue weighted by molar-refractivity contribution is 0.421. The number of aromatic nitrogens is 3. The summed E-state index contributed by atoms with van der Waals surface area (Å²) >= 11 is 8.12. The number of hydrogen-bond donors (Lipinski definition) is 1. The van der Waals surface area contributed by atoms with Crippen molar-refractivity contribution in [2.24, 2.45) is 7.05 Å². The SMILES string of the molecule is Cc1nn(C)c(Cl)c1CN[C@@H]1CCCN(c2nc3ccccc3s2)C1. The van der Waals surface area contributed by atoms with Crippen molar-refractivity contribution in [3.05, 3.63) is 40.7 Å². The molecule has 1 fully saturated rings. The van der Waals surface area contributed by atoms with Crippen molar-refractivity contribution in [2.75, 3.05) is 18.0 Å². The van der Waals surface area contributed by atoms with Crippen molar-refractivity contribution in [3.8, 4) is 0 Å². The lowest BCUT2D eigenvalue weighted by atomic mass is 10.1. The number of thiazole rings is 1. The van der Waals surface area contributed by atoms with Crippen molar-refractivity contribution in [3.63, 3.8) is 0 Å². The third-order valence-corrected chi connectivity index (χ3v) is 6.38. The molecule has 0 saturated carbocycles. The van der Waals surface area contributed by atoms with E-state index in [1.165, 1.54) is 17.5 Å². The fourth-order valence-electron chi connectivity index (χ4n) is 3.43. The van der Waals surface area contributed by atoms with E-state index < -0.39 is 0 Å². The van der Waals surface area contributed by atoms with Gasteiger partial charge in [0.2, 0.25) is 0 Å². The number of aryl methyl sites for hydroxylation is 2. The molecule has 1 N–H and O–H groups in total. The Morgan fingerprint density at radius 1 is 1.36 bits per heavy atom. The largest absolute Gasteiger partial charge is 0.347 e. The van der Waals surface area contributed by atoms with Crippen molar-refractivity contribution in [1.82, 2.24) is 20.1 Å². The Balaban J connectivity index is 1.44. The summed E-state index contributed by atoms with van der Waals surface area (Å²) in [5.74, 6) is 0. The van der Waals surface area contributed by atoms with Crippen LogP contribution in [0.2, 0.25) is 5.15 Å². The lowest BCUT2D eigenvalue weighted by Gasteiger charge is -2.33. The van der Waals surface area contributed by atoms with Gasteiger partial charge in [-0.15, -0.1) is 0 Å². The number of rotatable bonds is 4. The van der Waals surface area contributed by atoms with E-state index in [4.69, 9.17) is 16.6 Å². The first-order chi connectivity index (χ1) is 12.1. The molecular formula is C18H22ClN5S. The highest BCUT2D eigenvalue weighted by Gasteiger charge is 2.23. The second kappa shape index (κ2) is 6.94. The van der Waals surface area contributed by atoms with Gasteiger partial charge in [-0.25, -0.2) is 4.98 Å². The minimum absolute atomic E-state index is 0.441. The van der Waals surface area contributed by atoms with Crippen LogP contribution in [-0.4, -0.2) is 33.9 Å². The molecule has 1 saturated heterocycles. The molecule has 0 bridgehead atoms. The summed E-state index contributed by atoms with van der Waals surface area (Å²) in [5, 5.41) is 9.90. The van der Waals surface area contributed by atoms with Crippen LogP contribution in [0.15, 0.2) is 24.3 Å². The normalized spacial score (nSPS) is 18.2. The average molecular weight is 376 g/mol. The number of para-hydroxylation sites is 1. The predicted octanol–water partition coefficient (Wildman–Crippen LogP) is 3.75. The van der Waals surface area contributed by atoms with Gasteiger partial charge in [-0.1, -0.05) is 35.1 Å². The van der Waals surface area contributed by atoms with Crippen LogP contribution in [0.4, 0.5) is 5.13 Å². The Morgan fingerprint density at radius 2 is 2.20 bits per heavy atom. The van der Waals surface area contributed by atoms with Crippen molar-refractivity contribution in [2.45, 2.75) is 32.4 Å². The van der Waals surface area contributed by atoms with Gasteiger partial charge < -0.3 is 10.2 Å². The van der Waals surface area contributed by atoms with Crippen LogP contribution in [0.25, 0.3) is 10.2 Å². The first-order valence-corrected chi connectivity index (χ1v) is 9.83. The maximum absolute atomic E-state index is 6.34. The van der Waals surface area contributed by atoms with E-state index in [1.807, 2.05) is 20.0 Å². The zero-order valence-electron chi connectivity index (χ0n) is 14.5. The maximum Gasteiger partial charge on any atom is 0.186 e. The summed E-state index contributed by atoms with van der Waals surface area (Å²) in [5.41, 5.74) is 3.19. The van der Waals surface area contributed by atoms with E-state index in [1.54, 1.807) is 16.0 Å². The summed E-state index contributed by atoms with van der Waals surface area (Å²) in [6, 6.07) is 8.79. The molecule has 3 heterocycles. The Bertz CT molecular complexity index is 854. The summed E-state index contributed by atoms with van der Waals surface area (Å²) in [4.78, 5) is 7.21. The standard InChI is InChI=1S/C18H22ClN5S/c1-12-14(17(19)23(2)22-12)10-20-13-6-5-9-24(11-13)18-21-15-7-3-4-8-16(15)25-18/h3-4,7-8,13,20H,5-6,9-11H2,1-2H3/t13-/m1/s1. The van der Waals surface area contributed by atoms with Gasteiger partial charge in [0.15, 0.2) is 5.13 Å².